The highest BCUT2D eigenvalue weighted by Gasteiger charge is 2.10. The van der Waals surface area contributed by atoms with Crippen molar-refractivity contribution in [3.63, 3.8) is 0 Å². The minimum absolute atomic E-state index is 0.334. The van der Waals surface area contributed by atoms with Gasteiger partial charge in [-0.15, -0.1) is 0 Å². The molecule has 0 N–H and O–H groups in total. The van der Waals surface area contributed by atoms with Crippen LogP contribution in [0.2, 0.25) is 0 Å². The maximum Gasteiger partial charge on any atom is 0.137 e. The van der Waals surface area contributed by atoms with Crippen LogP contribution >= 0.6 is 15.9 Å². The van der Waals surface area contributed by atoms with Gasteiger partial charge in [0, 0.05) is 4.47 Å². The zero-order chi connectivity index (χ0) is 12.9. The van der Waals surface area contributed by atoms with Gasteiger partial charge in [0.15, 0.2) is 0 Å². The van der Waals surface area contributed by atoms with Crippen LogP contribution in [0.4, 0.5) is 0 Å². The van der Waals surface area contributed by atoms with Crippen molar-refractivity contribution in [2.45, 2.75) is 33.6 Å². The van der Waals surface area contributed by atoms with Crippen LogP contribution in [0.15, 0.2) is 22.7 Å². The zero-order valence-electron chi connectivity index (χ0n) is 10.6. The van der Waals surface area contributed by atoms with Crippen molar-refractivity contribution in [3.05, 3.63) is 28.2 Å². The third-order valence-electron chi connectivity index (χ3n) is 2.39. The Morgan fingerprint density at radius 3 is 2.65 bits per heavy atom. The van der Waals surface area contributed by atoms with Crippen molar-refractivity contribution in [3.8, 4) is 11.8 Å². The number of nitriles is 1. The second-order valence-electron chi connectivity index (χ2n) is 5.26. The normalized spacial score (nSPS) is 11.0. The van der Waals surface area contributed by atoms with E-state index in [1.165, 1.54) is 0 Å². The molecule has 17 heavy (non-hydrogen) atoms. The van der Waals surface area contributed by atoms with Crippen LogP contribution in [0, 0.1) is 16.7 Å². The molecule has 0 atom stereocenters. The average molecular weight is 296 g/mol. The summed E-state index contributed by atoms with van der Waals surface area (Å²) in [6, 6.07) is 7.64. The van der Waals surface area contributed by atoms with Gasteiger partial charge >= 0.3 is 0 Å². The Balaban J connectivity index is 2.50. The highest BCUT2D eigenvalue weighted by atomic mass is 79.9. The summed E-state index contributed by atoms with van der Waals surface area (Å²) in [5.74, 6) is 0.671. The molecule has 2 nitrogen and oxygen atoms in total. The standard InChI is InChI=1S/C14H18BrNO/c1-14(2,3)7-4-8-17-13-6-5-12(15)9-11(13)10-16/h5-6,9H,4,7-8H2,1-3H3. The predicted molar refractivity (Wildman–Crippen MR) is 73.0 cm³/mol. The van der Waals surface area contributed by atoms with Gasteiger partial charge in [0.1, 0.15) is 11.8 Å². The summed E-state index contributed by atoms with van der Waals surface area (Å²) in [6.45, 7) is 7.31. The molecule has 3 heteroatoms. The molecule has 92 valence electrons. The van der Waals surface area contributed by atoms with E-state index in [-0.39, 0.29) is 0 Å². The topological polar surface area (TPSA) is 33.0 Å². The van der Waals surface area contributed by atoms with Crippen molar-refractivity contribution in [1.82, 2.24) is 0 Å². The van der Waals surface area contributed by atoms with Crippen LogP contribution in [0.5, 0.6) is 5.75 Å². The first-order chi connectivity index (χ1) is 7.92. The van der Waals surface area contributed by atoms with E-state index >= 15 is 0 Å². The number of hydrogen-bond donors (Lipinski definition) is 0. The van der Waals surface area contributed by atoms with E-state index in [9.17, 15) is 0 Å². The van der Waals surface area contributed by atoms with Crippen molar-refractivity contribution in [2.24, 2.45) is 5.41 Å². The second-order valence-corrected chi connectivity index (χ2v) is 6.18. The van der Waals surface area contributed by atoms with Crippen LogP contribution in [0.1, 0.15) is 39.2 Å². The molecule has 0 amide bonds. The third-order valence-corrected chi connectivity index (χ3v) is 2.88. The molecule has 1 aromatic carbocycles. The molecular weight excluding hydrogens is 278 g/mol. The van der Waals surface area contributed by atoms with Crippen LogP contribution in [-0.2, 0) is 0 Å². The highest BCUT2D eigenvalue weighted by molar-refractivity contribution is 9.10. The summed E-state index contributed by atoms with van der Waals surface area (Å²) in [7, 11) is 0. The number of ether oxygens (including phenoxy) is 1. The summed E-state index contributed by atoms with van der Waals surface area (Å²) < 4.78 is 6.53. The lowest BCUT2D eigenvalue weighted by Gasteiger charge is -2.17. The summed E-state index contributed by atoms with van der Waals surface area (Å²) in [6.07, 6.45) is 2.12. The monoisotopic (exact) mass is 295 g/mol. The van der Waals surface area contributed by atoms with E-state index in [4.69, 9.17) is 10.00 Å². The number of nitrogens with zero attached hydrogens (tertiary/aromatic N) is 1. The molecule has 0 aliphatic rings. The minimum atomic E-state index is 0.334. The summed E-state index contributed by atoms with van der Waals surface area (Å²) in [5, 5.41) is 8.98. The number of rotatable bonds is 4. The molecule has 0 saturated carbocycles. The Kier molecular flexibility index (Phi) is 5.02. The van der Waals surface area contributed by atoms with E-state index < -0.39 is 0 Å². The van der Waals surface area contributed by atoms with E-state index in [0.29, 0.717) is 23.3 Å². The molecule has 0 unspecified atom stereocenters. The van der Waals surface area contributed by atoms with Gasteiger partial charge in [-0.05, 0) is 36.5 Å². The number of hydrogen-bond acceptors (Lipinski definition) is 2. The van der Waals surface area contributed by atoms with Crippen LogP contribution in [0.25, 0.3) is 0 Å². The fourth-order valence-corrected chi connectivity index (χ4v) is 1.86. The van der Waals surface area contributed by atoms with Crippen molar-refractivity contribution >= 4 is 15.9 Å². The second kappa shape index (κ2) is 6.07. The Bertz CT molecular complexity index is 415. The molecule has 1 rings (SSSR count). The fraction of sp³-hybridized carbons (Fsp3) is 0.500. The summed E-state index contributed by atoms with van der Waals surface area (Å²) in [5.41, 5.74) is 0.913. The third kappa shape index (κ3) is 5.23. The average Bonchev–Trinajstić information content (AvgIpc) is 2.24. The Morgan fingerprint density at radius 1 is 1.35 bits per heavy atom. The quantitative estimate of drug-likeness (QED) is 0.765. The predicted octanol–water partition coefficient (Wildman–Crippen LogP) is 4.53. The SMILES string of the molecule is CC(C)(C)CCCOc1ccc(Br)cc1C#N. The molecule has 0 aromatic heterocycles. The molecule has 0 aliphatic heterocycles. The Hall–Kier alpha value is -1.01. The van der Waals surface area contributed by atoms with Gasteiger partial charge in [-0.3, -0.25) is 0 Å². The molecule has 0 heterocycles. The van der Waals surface area contributed by atoms with Gasteiger partial charge in [-0.1, -0.05) is 36.7 Å². The fourth-order valence-electron chi connectivity index (χ4n) is 1.50. The van der Waals surface area contributed by atoms with Crippen LogP contribution in [0.3, 0.4) is 0 Å². The lowest BCUT2D eigenvalue weighted by molar-refractivity contribution is 0.268. The Morgan fingerprint density at radius 2 is 2.06 bits per heavy atom. The highest BCUT2D eigenvalue weighted by Crippen LogP contribution is 2.24. The maximum absolute atomic E-state index is 8.98. The number of halogens is 1. The molecule has 0 bridgehead atoms. The molecule has 0 spiro atoms. The maximum atomic E-state index is 8.98. The number of benzene rings is 1. The Labute approximate surface area is 112 Å². The molecule has 0 saturated heterocycles. The molecule has 1 aromatic rings. The van der Waals surface area contributed by atoms with Crippen molar-refractivity contribution < 1.29 is 4.74 Å². The zero-order valence-corrected chi connectivity index (χ0v) is 12.2. The van der Waals surface area contributed by atoms with Crippen LogP contribution < -0.4 is 4.74 Å². The van der Waals surface area contributed by atoms with Gasteiger partial charge in [-0.25, -0.2) is 0 Å². The molecule has 0 radical (unpaired) electrons. The molecular formula is C14H18BrNO. The summed E-state index contributed by atoms with van der Waals surface area (Å²) in [4.78, 5) is 0. The lowest BCUT2D eigenvalue weighted by atomic mass is 9.91. The minimum Gasteiger partial charge on any atom is -0.492 e. The smallest absolute Gasteiger partial charge is 0.137 e. The summed E-state index contributed by atoms with van der Waals surface area (Å²) >= 11 is 3.34. The first-order valence-electron chi connectivity index (χ1n) is 5.75. The van der Waals surface area contributed by atoms with E-state index in [2.05, 4.69) is 42.8 Å². The van der Waals surface area contributed by atoms with E-state index in [0.717, 1.165) is 17.3 Å². The first-order valence-corrected chi connectivity index (χ1v) is 6.54. The van der Waals surface area contributed by atoms with Gasteiger partial charge < -0.3 is 4.74 Å². The first kappa shape index (κ1) is 14.1. The van der Waals surface area contributed by atoms with Gasteiger partial charge in [0.2, 0.25) is 0 Å². The van der Waals surface area contributed by atoms with E-state index in [1.54, 1.807) is 6.07 Å². The largest absolute Gasteiger partial charge is 0.492 e. The van der Waals surface area contributed by atoms with Crippen molar-refractivity contribution in [2.75, 3.05) is 6.61 Å². The van der Waals surface area contributed by atoms with E-state index in [1.807, 2.05) is 12.1 Å². The van der Waals surface area contributed by atoms with Gasteiger partial charge in [0.25, 0.3) is 0 Å². The lowest BCUT2D eigenvalue weighted by Crippen LogP contribution is -2.08. The molecule has 0 aliphatic carbocycles. The molecule has 0 fully saturated rings. The van der Waals surface area contributed by atoms with Gasteiger partial charge in [0.05, 0.1) is 12.2 Å². The van der Waals surface area contributed by atoms with Crippen LogP contribution in [-0.4, -0.2) is 6.61 Å². The van der Waals surface area contributed by atoms with Crippen molar-refractivity contribution in [1.29, 1.82) is 5.26 Å². The van der Waals surface area contributed by atoms with Gasteiger partial charge in [-0.2, -0.15) is 5.26 Å².